The van der Waals surface area contributed by atoms with Gasteiger partial charge in [-0.1, -0.05) is 18.2 Å². The lowest BCUT2D eigenvalue weighted by molar-refractivity contribution is 0.0659. The topological polar surface area (TPSA) is 74.1 Å². The van der Waals surface area contributed by atoms with Crippen molar-refractivity contribution in [3.63, 3.8) is 0 Å². The van der Waals surface area contributed by atoms with E-state index in [1.54, 1.807) is 24.0 Å². The molecule has 148 valence electrons. The lowest BCUT2D eigenvalue weighted by Crippen LogP contribution is -2.48. The number of hydrogen-bond donors (Lipinski definition) is 0. The maximum atomic E-state index is 13.1. The highest BCUT2D eigenvalue weighted by Gasteiger charge is 2.36. The standard InChI is InChI=1S/C21H25N3O4/c1-3-22-12-13-24(21(22)27)15-8-10-23(11-9-15)19(25)18-14(2)16-6-4-5-7-17(16)28-20(18)26/h4-7,15H,3,8-13H2,1-2H3. The van der Waals surface area contributed by atoms with Crippen LogP contribution in [0.1, 0.15) is 35.7 Å². The van der Waals surface area contributed by atoms with Gasteiger partial charge in [-0.15, -0.1) is 0 Å². The van der Waals surface area contributed by atoms with Crippen LogP contribution in [0.5, 0.6) is 0 Å². The number of likely N-dealkylation sites (N-methyl/N-ethyl adjacent to an activating group) is 1. The third-order valence-corrected chi connectivity index (χ3v) is 5.99. The number of fused-ring (bicyclic) bond motifs is 1. The van der Waals surface area contributed by atoms with E-state index in [9.17, 15) is 14.4 Å². The number of carbonyl (C=O) groups is 2. The smallest absolute Gasteiger partial charge is 0.349 e. The average Bonchev–Trinajstić information content (AvgIpc) is 3.08. The minimum atomic E-state index is -0.586. The van der Waals surface area contributed by atoms with Crippen molar-refractivity contribution in [2.75, 3.05) is 32.7 Å². The number of carbonyl (C=O) groups excluding carboxylic acids is 2. The van der Waals surface area contributed by atoms with E-state index in [4.69, 9.17) is 4.42 Å². The quantitative estimate of drug-likeness (QED) is 0.763. The molecule has 2 saturated heterocycles. The Morgan fingerprint density at radius 2 is 1.82 bits per heavy atom. The molecule has 7 heteroatoms. The van der Waals surface area contributed by atoms with Gasteiger partial charge in [0.2, 0.25) is 0 Å². The maximum absolute atomic E-state index is 13.1. The van der Waals surface area contributed by atoms with Crippen LogP contribution in [0.25, 0.3) is 11.0 Å². The molecular weight excluding hydrogens is 358 g/mol. The van der Waals surface area contributed by atoms with Gasteiger partial charge >= 0.3 is 11.7 Å². The number of aryl methyl sites for hydroxylation is 1. The van der Waals surface area contributed by atoms with E-state index < -0.39 is 5.63 Å². The van der Waals surface area contributed by atoms with E-state index in [1.165, 1.54) is 0 Å². The van der Waals surface area contributed by atoms with Crippen LogP contribution in [-0.4, -0.2) is 65.4 Å². The molecular formula is C21H25N3O4. The van der Waals surface area contributed by atoms with Crippen LogP contribution in [-0.2, 0) is 0 Å². The van der Waals surface area contributed by atoms with Crippen molar-refractivity contribution in [2.45, 2.75) is 32.7 Å². The van der Waals surface area contributed by atoms with Crippen LogP contribution in [0.2, 0.25) is 0 Å². The average molecular weight is 383 g/mol. The van der Waals surface area contributed by atoms with Crippen molar-refractivity contribution < 1.29 is 14.0 Å². The highest BCUT2D eigenvalue weighted by atomic mass is 16.4. The first-order chi connectivity index (χ1) is 13.5. The molecule has 3 amide bonds. The molecule has 0 N–H and O–H groups in total. The molecule has 4 rings (SSSR count). The zero-order valence-electron chi connectivity index (χ0n) is 16.3. The predicted octanol–water partition coefficient (Wildman–Crippen LogP) is 2.46. The maximum Gasteiger partial charge on any atom is 0.349 e. The van der Waals surface area contributed by atoms with Crippen LogP contribution in [0, 0.1) is 6.92 Å². The van der Waals surface area contributed by atoms with Crippen molar-refractivity contribution in [3.8, 4) is 0 Å². The van der Waals surface area contributed by atoms with E-state index in [0.29, 0.717) is 24.2 Å². The van der Waals surface area contributed by atoms with E-state index >= 15 is 0 Å². The Labute approximate surface area is 163 Å². The van der Waals surface area contributed by atoms with E-state index in [-0.39, 0.29) is 23.5 Å². The number of rotatable bonds is 3. The Bertz CT molecular complexity index is 975. The second kappa shape index (κ2) is 7.30. The number of urea groups is 1. The first kappa shape index (κ1) is 18.5. The van der Waals surface area contributed by atoms with Gasteiger partial charge in [0.15, 0.2) is 0 Å². The number of nitrogens with zero attached hydrogens (tertiary/aromatic N) is 3. The van der Waals surface area contributed by atoms with Gasteiger partial charge in [0.25, 0.3) is 5.91 Å². The van der Waals surface area contributed by atoms with Crippen molar-refractivity contribution in [3.05, 3.63) is 45.8 Å². The minimum Gasteiger partial charge on any atom is -0.422 e. The lowest BCUT2D eigenvalue weighted by Gasteiger charge is -2.36. The second-order valence-electron chi connectivity index (χ2n) is 7.46. The fourth-order valence-electron chi connectivity index (χ4n) is 4.32. The molecule has 2 aliphatic heterocycles. The van der Waals surface area contributed by atoms with Gasteiger partial charge in [0, 0.05) is 44.2 Å². The predicted molar refractivity (Wildman–Crippen MR) is 105 cm³/mol. The Hall–Kier alpha value is -2.83. The summed E-state index contributed by atoms with van der Waals surface area (Å²) in [6.07, 6.45) is 1.46. The first-order valence-corrected chi connectivity index (χ1v) is 9.88. The Kier molecular flexibility index (Phi) is 4.83. The molecule has 3 heterocycles. The molecule has 28 heavy (non-hydrogen) atoms. The van der Waals surface area contributed by atoms with Gasteiger partial charge in [-0.25, -0.2) is 9.59 Å². The summed E-state index contributed by atoms with van der Waals surface area (Å²) in [5.74, 6) is -0.279. The molecule has 0 saturated carbocycles. The molecule has 0 bridgehead atoms. The SMILES string of the molecule is CCN1CCN(C2CCN(C(=O)c3c(C)c4ccccc4oc3=O)CC2)C1=O. The van der Waals surface area contributed by atoms with Gasteiger partial charge < -0.3 is 19.1 Å². The van der Waals surface area contributed by atoms with Crippen molar-refractivity contribution in [2.24, 2.45) is 0 Å². The largest absolute Gasteiger partial charge is 0.422 e. The molecule has 7 nitrogen and oxygen atoms in total. The third kappa shape index (κ3) is 3.04. The van der Waals surface area contributed by atoms with Crippen molar-refractivity contribution in [1.82, 2.24) is 14.7 Å². The number of benzene rings is 1. The minimum absolute atomic E-state index is 0.0956. The molecule has 0 unspecified atom stereocenters. The number of para-hydroxylation sites is 1. The monoisotopic (exact) mass is 383 g/mol. The number of amides is 3. The summed E-state index contributed by atoms with van der Waals surface area (Å²) in [5, 5.41) is 0.780. The Balaban J connectivity index is 1.50. The van der Waals surface area contributed by atoms with Crippen LogP contribution < -0.4 is 5.63 Å². The van der Waals surface area contributed by atoms with Gasteiger partial charge in [-0.05, 0) is 38.3 Å². The van der Waals surface area contributed by atoms with Crippen molar-refractivity contribution >= 4 is 22.9 Å². The summed E-state index contributed by atoms with van der Waals surface area (Å²) < 4.78 is 5.36. The molecule has 2 aromatic rings. The number of likely N-dealkylation sites (tertiary alicyclic amines) is 1. The molecule has 2 aliphatic rings. The molecule has 0 radical (unpaired) electrons. The number of hydrogen-bond acceptors (Lipinski definition) is 4. The molecule has 0 atom stereocenters. The zero-order chi connectivity index (χ0) is 19.8. The summed E-state index contributed by atoms with van der Waals surface area (Å²) in [7, 11) is 0. The fourth-order valence-corrected chi connectivity index (χ4v) is 4.32. The molecule has 2 fully saturated rings. The fraction of sp³-hybridized carbons (Fsp3) is 0.476. The summed E-state index contributed by atoms with van der Waals surface area (Å²) >= 11 is 0. The molecule has 1 aromatic carbocycles. The lowest BCUT2D eigenvalue weighted by atomic mass is 10.0. The van der Waals surface area contributed by atoms with E-state index in [1.807, 2.05) is 28.9 Å². The van der Waals surface area contributed by atoms with E-state index in [2.05, 4.69) is 0 Å². The van der Waals surface area contributed by atoms with Crippen LogP contribution in [0.4, 0.5) is 4.79 Å². The molecule has 0 aliphatic carbocycles. The van der Waals surface area contributed by atoms with Crippen LogP contribution >= 0.6 is 0 Å². The van der Waals surface area contributed by atoms with Gasteiger partial charge in [0.1, 0.15) is 11.1 Å². The summed E-state index contributed by atoms with van der Waals surface area (Å²) in [6.45, 7) is 7.09. The van der Waals surface area contributed by atoms with Crippen molar-refractivity contribution in [1.29, 1.82) is 0 Å². The van der Waals surface area contributed by atoms with Gasteiger partial charge in [-0.3, -0.25) is 4.79 Å². The van der Waals surface area contributed by atoms with Gasteiger partial charge in [0.05, 0.1) is 0 Å². The van der Waals surface area contributed by atoms with Crippen LogP contribution in [0.15, 0.2) is 33.5 Å². The summed E-state index contributed by atoms with van der Waals surface area (Å²) in [6, 6.07) is 7.50. The number of piperidine rings is 1. The zero-order valence-corrected chi connectivity index (χ0v) is 16.3. The second-order valence-corrected chi connectivity index (χ2v) is 7.46. The van der Waals surface area contributed by atoms with E-state index in [0.717, 1.165) is 37.9 Å². The molecule has 0 spiro atoms. The summed E-state index contributed by atoms with van der Waals surface area (Å²) in [5.41, 5.74) is 0.684. The Morgan fingerprint density at radius 3 is 2.50 bits per heavy atom. The summed E-state index contributed by atoms with van der Waals surface area (Å²) in [4.78, 5) is 43.4. The Morgan fingerprint density at radius 1 is 1.11 bits per heavy atom. The molecule has 1 aromatic heterocycles. The highest BCUT2D eigenvalue weighted by Crippen LogP contribution is 2.24. The first-order valence-electron chi connectivity index (χ1n) is 9.88. The van der Waals surface area contributed by atoms with Gasteiger partial charge in [-0.2, -0.15) is 0 Å². The highest BCUT2D eigenvalue weighted by molar-refractivity contribution is 5.99. The van der Waals surface area contributed by atoms with Crippen LogP contribution in [0.3, 0.4) is 0 Å². The normalized spacial score (nSPS) is 18.4. The third-order valence-electron chi connectivity index (χ3n) is 5.99.